The van der Waals surface area contributed by atoms with Gasteiger partial charge in [-0.3, -0.25) is 4.79 Å². The summed E-state index contributed by atoms with van der Waals surface area (Å²) in [7, 11) is -1.97. The Morgan fingerprint density at radius 2 is 1.54 bits per heavy atom. The van der Waals surface area contributed by atoms with E-state index in [1.54, 1.807) is 0 Å². The van der Waals surface area contributed by atoms with Crippen molar-refractivity contribution in [3.8, 4) is 5.75 Å². The average molecular weight is 545 g/mol. The SMILES string of the molecule is C=O.CC.CCC.CCCOc1ccc(N2CCN(S(=O)(=O)C(C)(CCN(C)CC)C(N)=O)CC2)cc1. The molecule has 0 radical (unpaired) electrons. The molecular weight excluding hydrogens is 492 g/mol. The topological polar surface area (TPSA) is 113 Å². The number of rotatable bonds is 11. The first-order chi connectivity index (χ1) is 17.6. The van der Waals surface area contributed by atoms with E-state index in [1.165, 1.54) is 17.6 Å². The summed E-state index contributed by atoms with van der Waals surface area (Å²) in [5.74, 6) is 0.0354. The smallest absolute Gasteiger partial charge is 0.240 e. The van der Waals surface area contributed by atoms with E-state index in [2.05, 4.69) is 25.7 Å². The predicted octanol–water partition coefficient (Wildman–Crippen LogP) is 3.77. The first-order valence-corrected chi connectivity index (χ1v) is 14.8. The number of hydrogen-bond acceptors (Lipinski definition) is 7. The van der Waals surface area contributed by atoms with Crippen LogP contribution in [-0.4, -0.2) is 88.0 Å². The summed E-state index contributed by atoms with van der Waals surface area (Å²) in [4.78, 5) is 24.3. The van der Waals surface area contributed by atoms with Crippen LogP contribution < -0.4 is 15.4 Å². The van der Waals surface area contributed by atoms with Crippen LogP contribution in [0.3, 0.4) is 0 Å². The van der Waals surface area contributed by atoms with Crippen LogP contribution in [0.1, 0.15) is 67.7 Å². The van der Waals surface area contributed by atoms with Gasteiger partial charge in [-0.05, 0) is 64.2 Å². The Hall–Kier alpha value is -2.17. The van der Waals surface area contributed by atoms with E-state index in [0.717, 1.165) is 24.4 Å². The van der Waals surface area contributed by atoms with Crippen molar-refractivity contribution in [2.24, 2.45) is 5.73 Å². The molecule has 0 bridgehead atoms. The number of nitrogens with zero attached hydrogens (tertiary/aromatic N) is 3. The van der Waals surface area contributed by atoms with Gasteiger partial charge in [0.05, 0.1) is 6.61 Å². The number of amides is 1. The molecule has 1 fully saturated rings. The molecule has 1 aromatic carbocycles. The van der Waals surface area contributed by atoms with Crippen molar-refractivity contribution in [3.63, 3.8) is 0 Å². The third-order valence-corrected chi connectivity index (χ3v) is 8.44. The lowest BCUT2D eigenvalue weighted by molar-refractivity contribution is -0.120. The second-order valence-corrected chi connectivity index (χ2v) is 11.0. The zero-order valence-electron chi connectivity index (χ0n) is 24.5. The fourth-order valence-electron chi connectivity index (χ4n) is 3.39. The standard InChI is InChI=1S/C21H36N4O4S.C3H8.C2H6.CH2O/c1-5-17-29-19-9-7-18(8-10-19)24-13-15-25(16-14-24)30(27,28)21(3,20(22)26)11-12-23(4)6-2;1-3-2;2*1-2/h7-10H,5-6,11-17H2,1-4H3,(H2,22,26);3H2,1-2H3;1-2H3;1H2. The quantitative estimate of drug-likeness (QED) is 0.451. The van der Waals surface area contributed by atoms with Crippen LogP contribution >= 0.6 is 0 Å². The van der Waals surface area contributed by atoms with Gasteiger partial charge in [0.2, 0.25) is 15.9 Å². The number of ether oxygens (including phenoxy) is 1. The van der Waals surface area contributed by atoms with Crippen LogP contribution in [-0.2, 0) is 19.6 Å². The Balaban J connectivity index is 0. The highest BCUT2D eigenvalue weighted by Gasteiger charge is 2.48. The maximum atomic E-state index is 13.3. The zero-order valence-corrected chi connectivity index (χ0v) is 25.3. The van der Waals surface area contributed by atoms with Gasteiger partial charge in [0.25, 0.3) is 0 Å². The van der Waals surface area contributed by atoms with Crippen molar-refractivity contribution in [1.29, 1.82) is 0 Å². The monoisotopic (exact) mass is 544 g/mol. The lowest BCUT2D eigenvalue weighted by Crippen LogP contribution is -2.59. The number of benzene rings is 1. The van der Waals surface area contributed by atoms with Gasteiger partial charge in [0, 0.05) is 31.9 Å². The van der Waals surface area contributed by atoms with Crippen LogP contribution in [0.2, 0.25) is 0 Å². The van der Waals surface area contributed by atoms with E-state index in [1.807, 2.05) is 63.8 Å². The Morgan fingerprint density at radius 3 is 1.95 bits per heavy atom. The number of sulfonamides is 1. The highest BCUT2D eigenvalue weighted by Crippen LogP contribution is 2.28. The molecule has 10 heteroatoms. The number of primary amides is 1. The Morgan fingerprint density at radius 1 is 1.05 bits per heavy atom. The molecule has 0 aliphatic carbocycles. The molecule has 37 heavy (non-hydrogen) atoms. The molecule has 1 saturated heterocycles. The molecule has 0 aromatic heterocycles. The van der Waals surface area contributed by atoms with Crippen molar-refractivity contribution >= 4 is 28.4 Å². The number of carbonyl (C=O) groups excluding carboxylic acids is 2. The number of piperazine rings is 1. The van der Waals surface area contributed by atoms with Gasteiger partial charge < -0.3 is 25.1 Å². The lowest BCUT2D eigenvalue weighted by atomic mass is 10.1. The minimum Gasteiger partial charge on any atom is -0.494 e. The van der Waals surface area contributed by atoms with Crippen LogP contribution in [0.4, 0.5) is 5.69 Å². The summed E-state index contributed by atoms with van der Waals surface area (Å²) in [6.45, 7) is 19.4. The fourth-order valence-corrected chi connectivity index (χ4v) is 5.20. The molecule has 2 N–H and O–H groups in total. The highest BCUT2D eigenvalue weighted by molar-refractivity contribution is 7.91. The van der Waals surface area contributed by atoms with Gasteiger partial charge in [-0.2, -0.15) is 4.31 Å². The zero-order chi connectivity index (χ0) is 29.1. The Kier molecular flexibility index (Phi) is 19.9. The summed E-state index contributed by atoms with van der Waals surface area (Å²) < 4.78 is 32.0. The van der Waals surface area contributed by atoms with Crippen LogP contribution in [0.15, 0.2) is 24.3 Å². The summed E-state index contributed by atoms with van der Waals surface area (Å²) >= 11 is 0. The van der Waals surface area contributed by atoms with Gasteiger partial charge in [-0.25, -0.2) is 8.42 Å². The van der Waals surface area contributed by atoms with Crippen molar-refractivity contribution in [2.75, 3.05) is 57.8 Å². The number of nitrogens with two attached hydrogens (primary N) is 1. The summed E-state index contributed by atoms with van der Waals surface area (Å²) in [5.41, 5.74) is 6.60. The van der Waals surface area contributed by atoms with E-state index in [9.17, 15) is 13.2 Å². The van der Waals surface area contributed by atoms with Gasteiger partial charge in [-0.1, -0.05) is 48.0 Å². The molecule has 9 nitrogen and oxygen atoms in total. The van der Waals surface area contributed by atoms with E-state index >= 15 is 0 Å². The Bertz CT molecular complexity index is 828. The van der Waals surface area contributed by atoms with Gasteiger partial charge in [0.15, 0.2) is 4.75 Å². The molecule has 1 aliphatic rings. The molecule has 1 unspecified atom stereocenters. The molecule has 2 rings (SSSR count). The minimum absolute atomic E-state index is 0.175. The molecule has 1 atom stereocenters. The first kappa shape index (κ1) is 37.0. The first-order valence-electron chi connectivity index (χ1n) is 13.3. The summed E-state index contributed by atoms with van der Waals surface area (Å²) in [6.07, 6.45) is 2.38. The molecule has 1 aromatic rings. The van der Waals surface area contributed by atoms with E-state index < -0.39 is 20.7 Å². The average Bonchev–Trinajstić information content (AvgIpc) is 2.93. The highest BCUT2D eigenvalue weighted by atomic mass is 32.2. The summed E-state index contributed by atoms with van der Waals surface area (Å²) in [5, 5.41) is 0. The minimum atomic E-state index is -3.86. The fraction of sp³-hybridized carbons (Fsp3) is 0.704. The van der Waals surface area contributed by atoms with Crippen LogP contribution in [0.5, 0.6) is 5.75 Å². The molecule has 1 amide bonds. The largest absolute Gasteiger partial charge is 0.494 e. The van der Waals surface area contributed by atoms with Crippen molar-refractivity contribution in [1.82, 2.24) is 9.21 Å². The van der Waals surface area contributed by atoms with Crippen molar-refractivity contribution < 1.29 is 22.7 Å². The van der Waals surface area contributed by atoms with E-state index in [4.69, 9.17) is 15.3 Å². The lowest BCUT2D eigenvalue weighted by Gasteiger charge is -2.39. The Labute approximate surface area is 226 Å². The predicted molar refractivity (Wildman–Crippen MR) is 155 cm³/mol. The molecule has 0 saturated carbocycles. The van der Waals surface area contributed by atoms with Gasteiger partial charge in [-0.15, -0.1) is 0 Å². The molecule has 216 valence electrons. The van der Waals surface area contributed by atoms with E-state index in [-0.39, 0.29) is 6.42 Å². The number of anilines is 1. The third kappa shape index (κ3) is 11.4. The number of hydrogen-bond donors (Lipinski definition) is 1. The van der Waals surface area contributed by atoms with Gasteiger partial charge >= 0.3 is 0 Å². The normalized spacial score (nSPS) is 15.1. The molecule has 1 heterocycles. The maximum Gasteiger partial charge on any atom is 0.240 e. The second-order valence-electron chi connectivity index (χ2n) is 8.68. The molecular formula is C27H52N4O5S. The van der Waals surface area contributed by atoms with E-state index in [0.29, 0.717) is 39.3 Å². The van der Waals surface area contributed by atoms with Crippen molar-refractivity contribution in [2.45, 2.75) is 72.5 Å². The molecule has 0 spiro atoms. The number of carbonyl (C=O) groups is 2. The third-order valence-electron chi connectivity index (χ3n) is 5.85. The second kappa shape index (κ2) is 19.9. The van der Waals surface area contributed by atoms with Gasteiger partial charge in [0.1, 0.15) is 12.5 Å². The maximum absolute atomic E-state index is 13.3. The summed E-state index contributed by atoms with van der Waals surface area (Å²) in [6, 6.07) is 7.84. The van der Waals surface area contributed by atoms with Crippen LogP contribution in [0, 0.1) is 0 Å². The molecule has 1 aliphatic heterocycles. The van der Waals surface area contributed by atoms with Crippen LogP contribution in [0.25, 0.3) is 0 Å². The van der Waals surface area contributed by atoms with Crippen molar-refractivity contribution in [3.05, 3.63) is 24.3 Å².